The number of nitrogens with zero attached hydrogens (tertiary/aromatic N) is 3. The van der Waals surface area contributed by atoms with Crippen LogP contribution in [0.1, 0.15) is 10.4 Å². The van der Waals surface area contributed by atoms with Crippen LogP contribution in [-0.2, 0) is 10.0 Å². The predicted octanol–water partition coefficient (Wildman–Crippen LogP) is 3.11. The molecule has 3 aromatic carbocycles. The molecule has 0 fully saturated rings. The van der Waals surface area contributed by atoms with Gasteiger partial charge in [0.2, 0.25) is 10.0 Å². The number of hydrogen-bond donors (Lipinski definition) is 2. The average Bonchev–Trinajstić information content (AvgIpc) is 3.23. The summed E-state index contributed by atoms with van der Waals surface area (Å²) in [7, 11) is -3.80. The molecule has 0 radical (unpaired) electrons. The van der Waals surface area contributed by atoms with E-state index in [9.17, 15) is 22.0 Å². The minimum Gasteiger partial charge on any atom is -0.322 e. The molecule has 4 rings (SSSR count). The van der Waals surface area contributed by atoms with Crippen molar-refractivity contribution in [2.24, 2.45) is 5.14 Å². The first kappa shape index (κ1) is 21.3. The zero-order valence-electron chi connectivity index (χ0n) is 16.2. The van der Waals surface area contributed by atoms with Crippen molar-refractivity contribution in [2.75, 3.05) is 5.32 Å². The van der Waals surface area contributed by atoms with Gasteiger partial charge in [-0.15, -0.1) is 5.10 Å². The number of rotatable bonds is 5. The van der Waals surface area contributed by atoms with Gasteiger partial charge < -0.3 is 5.32 Å². The lowest BCUT2D eigenvalue weighted by molar-refractivity contribution is 0.102. The molecule has 1 amide bonds. The number of carbonyl (C=O) groups excluding carboxylic acids is 1. The molecule has 0 aliphatic heterocycles. The molecule has 11 heteroatoms. The number of carbonyl (C=O) groups is 1. The van der Waals surface area contributed by atoms with E-state index in [0.717, 1.165) is 12.1 Å². The van der Waals surface area contributed by atoms with Gasteiger partial charge in [0.1, 0.15) is 17.3 Å². The molecule has 3 N–H and O–H groups in total. The molecule has 1 aromatic heterocycles. The van der Waals surface area contributed by atoms with E-state index in [2.05, 4.69) is 15.6 Å². The van der Waals surface area contributed by atoms with Crippen LogP contribution in [0.4, 0.5) is 14.5 Å². The highest BCUT2D eigenvalue weighted by atomic mass is 32.2. The Bertz CT molecular complexity index is 1400. The maximum Gasteiger partial charge on any atom is 0.255 e. The van der Waals surface area contributed by atoms with E-state index < -0.39 is 27.6 Å². The smallest absolute Gasteiger partial charge is 0.255 e. The molecule has 0 saturated carbocycles. The van der Waals surface area contributed by atoms with E-state index in [4.69, 9.17) is 5.14 Å². The summed E-state index contributed by atoms with van der Waals surface area (Å²) in [4.78, 5) is 12.3. The van der Waals surface area contributed by atoms with E-state index >= 15 is 0 Å². The lowest BCUT2D eigenvalue weighted by atomic mass is 10.1. The predicted molar refractivity (Wildman–Crippen MR) is 112 cm³/mol. The van der Waals surface area contributed by atoms with Gasteiger partial charge in [0.25, 0.3) is 5.91 Å². The van der Waals surface area contributed by atoms with E-state index in [1.807, 2.05) is 0 Å². The third-order valence-electron chi connectivity index (χ3n) is 4.46. The lowest BCUT2D eigenvalue weighted by Crippen LogP contribution is -2.12. The fraction of sp³-hybridized carbons (Fsp3) is 0. The summed E-state index contributed by atoms with van der Waals surface area (Å²) in [5, 5.41) is 15.8. The number of benzene rings is 3. The summed E-state index contributed by atoms with van der Waals surface area (Å²) in [6.07, 6.45) is 1.62. The Kier molecular flexibility index (Phi) is 5.51. The third kappa shape index (κ3) is 4.68. The highest BCUT2D eigenvalue weighted by molar-refractivity contribution is 7.89. The Morgan fingerprint density at radius 2 is 1.66 bits per heavy atom. The normalized spacial score (nSPS) is 11.3. The topological polar surface area (TPSA) is 120 Å². The summed E-state index contributed by atoms with van der Waals surface area (Å²) in [6.45, 7) is 0. The molecule has 0 saturated heterocycles. The van der Waals surface area contributed by atoms with Gasteiger partial charge in [-0.1, -0.05) is 17.3 Å². The number of sulfonamides is 1. The van der Waals surface area contributed by atoms with Gasteiger partial charge in [0.05, 0.1) is 16.8 Å². The van der Waals surface area contributed by atoms with Crippen LogP contribution in [-0.4, -0.2) is 29.3 Å². The second-order valence-electron chi connectivity index (χ2n) is 6.78. The second-order valence-corrected chi connectivity index (χ2v) is 8.34. The van der Waals surface area contributed by atoms with Crippen molar-refractivity contribution in [3.05, 3.63) is 90.1 Å². The van der Waals surface area contributed by atoms with Crippen molar-refractivity contribution in [3.63, 3.8) is 0 Å². The molecule has 0 bridgehead atoms. The fourth-order valence-corrected chi connectivity index (χ4v) is 3.47. The van der Waals surface area contributed by atoms with Gasteiger partial charge in [-0.3, -0.25) is 4.79 Å². The van der Waals surface area contributed by atoms with Crippen LogP contribution >= 0.6 is 0 Å². The van der Waals surface area contributed by atoms with Crippen LogP contribution in [0.15, 0.2) is 77.8 Å². The van der Waals surface area contributed by atoms with Crippen LogP contribution in [0.25, 0.3) is 16.9 Å². The summed E-state index contributed by atoms with van der Waals surface area (Å²) < 4.78 is 50.9. The van der Waals surface area contributed by atoms with Gasteiger partial charge in [-0.25, -0.2) is 27.0 Å². The fourth-order valence-electron chi connectivity index (χ4n) is 2.96. The maximum absolute atomic E-state index is 13.4. The molecule has 162 valence electrons. The number of nitrogens with two attached hydrogens (primary N) is 1. The number of nitrogens with one attached hydrogen (secondary N) is 1. The summed E-state index contributed by atoms with van der Waals surface area (Å²) in [6, 6.07) is 15.0. The van der Waals surface area contributed by atoms with Gasteiger partial charge in [0, 0.05) is 22.9 Å². The molecular formula is C21H15F2N5O3S. The highest BCUT2D eigenvalue weighted by Gasteiger charge is 2.12. The SMILES string of the molecule is NS(=O)(=O)c1ccc(-n2cc(-c3cccc(NC(=O)c4cc(F)cc(F)c4)c3)nn2)cc1. The maximum atomic E-state index is 13.4. The number of amides is 1. The number of aromatic nitrogens is 3. The van der Waals surface area contributed by atoms with Gasteiger partial charge >= 0.3 is 0 Å². The first-order valence-corrected chi connectivity index (χ1v) is 10.7. The van der Waals surface area contributed by atoms with Crippen molar-refractivity contribution in [1.82, 2.24) is 15.0 Å². The summed E-state index contributed by atoms with van der Waals surface area (Å²) in [5.74, 6) is -2.37. The highest BCUT2D eigenvalue weighted by Crippen LogP contribution is 2.22. The van der Waals surface area contributed by atoms with E-state index in [1.54, 1.807) is 30.5 Å². The summed E-state index contributed by atoms with van der Waals surface area (Å²) >= 11 is 0. The molecule has 8 nitrogen and oxygen atoms in total. The first-order valence-electron chi connectivity index (χ1n) is 9.12. The average molecular weight is 455 g/mol. The van der Waals surface area contributed by atoms with Crippen LogP contribution in [0.3, 0.4) is 0 Å². The zero-order valence-corrected chi connectivity index (χ0v) is 17.1. The van der Waals surface area contributed by atoms with Crippen molar-refractivity contribution >= 4 is 21.6 Å². The Morgan fingerprint density at radius 1 is 0.969 bits per heavy atom. The minimum atomic E-state index is -3.80. The minimum absolute atomic E-state index is 0.0248. The van der Waals surface area contributed by atoms with Gasteiger partial charge in [-0.05, 0) is 48.5 Å². The van der Waals surface area contributed by atoms with Crippen molar-refractivity contribution < 1.29 is 22.0 Å². The van der Waals surface area contributed by atoms with E-state index in [1.165, 1.54) is 28.9 Å². The summed E-state index contributed by atoms with van der Waals surface area (Å²) in [5.41, 5.74) is 1.91. The molecule has 0 unspecified atom stereocenters. The largest absolute Gasteiger partial charge is 0.322 e. The Labute approximate surface area is 181 Å². The molecule has 0 aliphatic carbocycles. The van der Waals surface area contributed by atoms with Crippen LogP contribution in [0.5, 0.6) is 0 Å². The molecule has 1 heterocycles. The number of primary sulfonamides is 1. The monoisotopic (exact) mass is 455 g/mol. The van der Waals surface area contributed by atoms with Gasteiger partial charge in [0.15, 0.2) is 0 Å². The molecule has 0 spiro atoms. The Hall–Kier alpha value is -3.96. The third-order valence-corrected chi connectivity index (χ3v) is 5.39. The lowest BCUT2D eigenvalue weighted by Gasteiger charge is -2.07. The molecule has 4 aromatic rings. The van der Waals surface area contributed by atoms with Crippen molar-refractivity contribution in [2.45, 2.75) is 4.90 Å². The molecule has 0 atom stereocenters. The van der Waals surface area contributed by atoms with Crippen molar-refractivity contribution in [1.29, 1.82) is 0 Å². The Balaban J connectivity index is 1.55. The van der Waals surface area contributed by atoms with Crippen LogP contribution in [0, 0.1) is 11.6 Å². The number of halogens is 2. The molecular weight excluding hydrogens is 440 g/mol. The van der Waals surface area contributed by atoms with E-state index in [-0.39, 0.29) is 10.5 Å². The van der Waals surface area contributed by atoms with Gasteiger partial charge in [-0.2, -0.15) is 0 Å². The zero-order chi connectivity index (χ0) is 22.9. The molecule has 32 heavy (non-hydrogen) atoms. The van der Waals surface area contributed by atoms with Crippen LogP contribution < -0.4 is 10.5 Å². The Morgan fingerprint density at radius 3 is 2.31 bits per heavy atom. The quantitative estimate of drug-likeness (QED) is 0.479. The van der Waals surface area contributed by atoms with Crippen molar-refractivity contribution in [3.8, 4) is 16.9 Å². The van der Waals surface area contributed by atoms with E-state index in [0.29, 0.717) is 28.7 Å². The second kappa shape index (κ2) is 8.29. The number of hydrogen-bond acceptors (Lipinski definition) is 5. The molecule has 0 aliphatic rings. The first-order chi connectivity index (χ1) is 15.2. The standard InChI is InChI=1S/C21H15F2N5O3S/c22-15-8-14(9-16(23)11-15)21(29)25-17-3-1-2-13(10-17)20-12-28(27-26-20)18-4-6-19(7-5-18)32(24,30)31/h1-12H,(H,25,29)(H2,24,30,31). The number of anilines is 1. The van der Waals surface area contributed by atoms with Crippen LogP contribution in [0.2, 0.25) is 0 Å².